The normalized spacial score (nSPS) is 17.6. The van der Waals surface area contributed by atoms with Crippen molar-refractivity contribution in [3.63, 3.8) is 0 Å². The Bertz CT molecular complexity index is 436. The molecule has 20 heavy (non-hydrogen) atoms. The third-order valence-corrected chi connectivity index (χ3v) is 4.24. The molecular formula is C16H23FN2O. The molecule has 0 unspecified atom stereocenters. The van der Waals surface area contributed by atoms with Crippen molar-refractivity contribution in [2.45, 2.75) is 33.1 Å². The fourth-order valence-corrected chi connectivity index (χ4v) is 2.77. The summed E-state index contributed by atoms with van der Waals surface area (Å²) in [6, 6.07) is 2.75. The van der Waals surface area contributed by atoms with Crippen LogP contribution in [-0.4, -0.2) is 35.3 Å². The summed E-state index contributed by atoms with van der Waals surface area (Å²) in [5.41, 5.74) is 0.364. The van der Waals surface area contributed by atoms with Crippen LogP contribution in [0.15, 0.2) is 18.3 Å². The summed E-state index contributed by atoms with van der Waals surface area (Å²) in [6.07, 6.45) is 4.01. The van der Waals surface area contributed by atoms with Crippen LogP contribution < -0.4 is 0 Å². The minimum atomic E-state index is -0.405. The second-order valence-electron chi connectivity index (χ2n) is 5.96. The lowest BCUT2D eigenvalue weighted by molar-refractivity contribution is 0.0938. The summed E-state index contributed by atoms with van der Waals surface area (Å²) in [4.78, 5) is 18.1. The van der Waals surface area contributed by atoms with Gasteiger partial charge in [0.15, 0.2) is 5.78 Å². The van der Waals surface area contributed by atoms with Crippen molar-refractivity contribution in [1.82, 2.24) is 9.88 Å². The molecule has 0 bridgehead atoms. The Morgan fingerprint density at radius 3 is 2.65 bits per heavy atom. The number of likely N-dealkylation sites (tertiary alicyclic amines) is 1. The van der Waals surface area contributed by atoms with Crippen LogP contribution in [0, 0.1) is 17.7 Å². The van der Waals surface area contributed by atoms with E-state index in [-0.39, 0.29) is 5.78 Å². The fourth-order valence-electron chi connectivity index (χ4n) is 2.77. The van der Waals surface area contributed by atoms with Crippen molar-refractivity contribution in [3.05, 3.63) is 29.8 Å². The number of aromatic nitrogens is 1. The Morgan fingerprint density at radius 2 is 2.10 bits per heavy atom. The van der Waals surface area contributed by atoms with Gasteiger partial charge in [-0.15, -0.1) is 0 Å². The summed E-state index contributed by atoms with van der Waals surface area (Å²) in [5, 5.41) is 0. The number of nitrogens with zero attached hydrogens (tertiary/aromatic N) is 2. The second kappa shape index (κ2) is 6.93. The molecule has 0 aromatic carbocycles. The van der Waals surface area contributed by atoms with Crippen molar-refractivity contribution >= 4 is 5.78 Å². The first-order valence-electron chi connectivity index (χ1n) is 7.43. The Labute approximate surface area is 120 Å². The fraction of sp³-hybridized carbons (Fsp3) is 0.625. The Balaban J connectivity index is 1.76. The molecule has 2 heterocycles. The van der Waals surface area contributed by atoms with E-state index < -0.39 is 5.82 Å². The van der Waals surface area contributed by atoms with E-state index in [1.807, 2.05) is 0 Å². The van der Waals surface area contributed by atoms with E-state index in [1.54, 1.807) is 0 Å². The third kappa shape index (κ3) is 4.10. The highest BCUT2D eigenvalue weighted by Gasteiger charge is 2.21. The first-order valence-corrected chi connectivity index (χ1v) is 7.43. The molecule has 1 saturated heterocycles. The molecule has 0 saturated carbocycles. The van der Waals surface area contributed by atoms with Crippen LogP contribution in [0.3, 0.4) is 0 Å². The molecule has 0 N–H and O–H groups in total. The van der Waals surface area contributed by atoms with E-state index >= 15 is 0 Å². The van der Waals surface area contributed by atoms with Crippen molar-refractivity contribution in [2.75, 3.05) is 19.6 Å². The Hall–Kier alpha value is -1.29. The second-order valence-corrected chi connectivity index (χ2v) is 5.96. The molecule has 2 rings (SSSR count). The zero-order chi connectivity index (χ0) is 14.5. The van der Waals surface area contributed by atoms with Crippen LogP contribution in [0.2, 0.25) is 0 Å². The number of ketones is 1. The van der Waals surface area contributed by atoms with Crippen LogP contribution in [0.4, 0.5) is 4.39 Å². The molecule has 0 spiro atoms. The van der Waals surface area contributed by atoms with Gasteiger partial charge in [0, 0.05) is 13.0 Å². The lowest BCUT2D eigenvalue weighted by Crippen LogP contribution is -2.36. The van der Waals surface area contributed by atoms with Gasteiger partial charge in [0.05, 0.1) is 6.20 Å². The van der Waals surface area contributed by atoms with E-state index in [2.05, 4.69) is 23.7 Å². The van der Waals surface area contributed by atoms with Gasteiger partial charge in [-0.1, -0.05) is 13.8 Å². The van der Waals surface area contributed by atoms with Crippen molar-refractivity contribution < 1.29 is 9.18 Å². The molecule has 110 valence electrons. The summed E-state index contributed by atoms with van der Waals surface area (Å²) in [7, 11) is 0. The SMILES string of the molecule is CC(C)C1CCN(CCC(=O)c2ccc(F)cn2)CC1. The largest absolute Gasteiger partial charge is 0.303 e. The molecule has 1 aliphatic heterocycles. The van der Waals surface area contributed by atoms with Gasteiger partial charge in [-0.25, -0.2) is 4.39 Å². The molecular weight excluding hydrogens is 255 g/mol. The lowest BCUT2D eigenvalue weighted by Gasteiger charge is -2.33. The van der Waals surface area contributed by atoms with E-state index in [0.29, 0.717) is 12.1 Å². The van der Waals surface area contributed by atoms with Gasteiger partial charge in [0.2, 0.25) is 0 Å². The molecule has 1 aromatic rings. The molecule has 1 fully saturated rings. The van der Waals surface area contributed by atoms with Crippen molar-refractivity contribution in [3.8, 4) is 0 Å². The van der Waals surface area contributed by atoms with Gasteiger partial charge in [-0.05, 0) is 49.9 Å². The number of rotatable bonds is 5. The predicted octanol–water partition coefficient (Wildman–Crippen LogP) is 3.16. The average molecular weight is 278 g/mol. The quantitative estimate of drug-likeness (QED) is 0.776. The first-order chi connectivity index (χ1) is 9.56. The number of piperidine rings is 1. The molecule has 0 radical (unpaired) electrons. The van der Waals surface area contributed by atoms with Crippen LogP contribution in [-0.2, 0) is 0 Å². The molecule has 0 amide bonds. The molecule has 3 nitrogen and oxygen atoms in total. The summed E-state index contributed by atoms with van der Waals surface area (Å²) < 4.78 is 12.7. The van der Waals surface area contributed by atoms with Gasteiger partial charge < -0.3 is 4.90 Å². The maximum Gasteiger partial charge on any atom is 0.182 e. The lowest BCUT2D eigenvalue weighted by atomic mass is 9.86. The Kier molecular flexibility index (Phi) is 5.24. The third-order valence-electron chi connectivity index (χ3n) is 4.24. The van der Waals surface area contributed by atoms with Crippen LogP contribution >= 0.6 is 0 Å². The van der Waals surface area contributed by atoms with Gasteiger partial charge in [0.25, 0.3) is 0 Å². The highest BCUT2D eigenvalue weighted by atomic mass is 19.1. The van der Waals surface area contributed by atoms with Gasteiger partial charge >= 0.3 is 0 Å². The van der Waals surface area contributed by atoms with Gasteiger partial charge in [-0.3, -0.25) is 9.78 Å². The maximum absolute atomic E-state index is 12.7. The zero-order valence-electron chi connectivity index (χ0n) is 12.3. The minimum absolute atomic E-state index is 0.00372. The van der Waals surface area contributed by atoms with Crippen LogP contribution in [0.5, 0.6) is 0 Å². The smallest absolute Gasteiger partial charge is 0.182 e. The highest BCUT2D eigenvalue weighted by molar-refractivity contribution is 5.94. The number of pyridine rings is 1. The number of carbonyl (C=O) groups is 1. The van der Waals surface area contributed by atoms with Crippen molar-refractivity contribution in [2.24, 2.45) is 11.8 Å². The molecule has 1 aliphatic rings. The predicted molar refractivity (Wildman–Crippen MR) is 77.1 cm³/mol. The number of hydrogen-bond donors (Lipinski definition) is 0. The van der Waals surface area contributed by atoms with Crippen molar-refractivity contribution in [1.29, 1.82) is 0 Å². The van der Waals surface area contributed by atoms with E-state index in [0.717, 1.165) is 37.7 Å². The number of carbonyl (C=O) groups excluding carboxylic acids is 1. The van der Waals surface area contributed by atoms with Gasteiger partial charge in [0.1, 0.15) is 11.5 Å². The van der Waals surface area contributed by atoms with E-state index in [1.165, 1.54) is 25.0 Å². The molecule has 4 heteroatoms. The molecule has 1 aromatic heterocycles. The average Bonchev–Trinajstić information content (AvgIpc) is 2.46. The highest BCUT2D eigenvalue weighted by Crippen LogP contribution is 2.24. The van der Waals surface area contributed by atoms with Gasteiger partial charge in [-0.2, -0.15) is 0 Å². The number of Topliss-reactive ketones (excluding diaryl/α,β-unsaturated/α-hetero) is 1. The monoisotopic (exact) mass is 278 g/mol. The molecule has 0 aliphatic carbocycles. The Morgan fingerprint density at radius 1 is 1.40 bits per heavy atom. The maximum atomic E-state index is 12.7. The summed E-state index contributed by atoms with van der Waals surface area (Å²) >= 11 is 0. The standard InChI is InChI=1S/C16H23FN2O/c1-12(2)13-5-8-19(9-6-13)10-7-16(20)15-4-3-14(17)11-18-15/h3-4,11-13H,5-10H2,1-2H3. The first kappa shape index (κ1) is 15.1. The minimum Gasteiger partial charge on any atom is -0.303 e. The van der Waals surface area contributed by atoms with E-state index in [9.17, 15) is 9.18 Å². The zero-order valence-corrected chi connectivity index (χ0v) is 12.3. The van der Waals surface area contributed by atoms with Crippen LogP contribution in [0.1, 0.15) is 43.6 Å². The summed E-state index contributed by atoms with van der Waals surface area (Å²) in [5.74, 6) is 1.16. The van der Waals surface area contributed by atoms with E-state index in [4.69, 9.17) is 0 Å². The van der Waals surface area contributed by atoms with Crippen LogP contribution in [0.25, 0.3) is 0 Å². The topological polar surface area (TPSA) is 33.2 Å². The number of halogens is 1. The summed E-state index contributed by atoms with van der Waals surface area (Å²) in [6.45, 7) is 7.50. The molecule has 0 atom stereocenters. The number of hydrogen-bond acceptors (Lipinski definition) is 3.